The zero-order valence-electron chi connectivity index (χ0n) is 9.07. The summed E-state index contributed by atoms with van der Waals surface area (Å²) >= 11 is 2.18. The molecule has 0 radical (unpaired) electrons. The number of fused-ring (bicyclic) bond motifs is 1. The van der Waals surface area contributed by atoms with Gasteiger partial charge in [0.1, 0.15) is 11.5 Å². The predicted octanol–water partition coefficient (Wildman–Crippen LogP) is 3.45. The van der Waals surface area contributed by atoms with Gasteiger partial charge in [-0.2, -0.15) is 0 Å². The molecule has 0 bridgehead atoms. The molecule has 0 N–H and O–H groups in total. The number of rotatable bonds is 1. The molecule has 1 aliphatic heterocycles. The lowest BCUT2D eigenvalue weighted by Crippen LogP contribution is -1.98. The number of hydrogen-bond donors (Lipinski definition) is 0. The van der Waals surface area contributed by atoms with Gasteiger partial charge in [0, 0.05) is 9.13 Å². The Balaban J connectivity index is 2.10. The second kappa shape index (κ2) is 3.87. The number of halogens is 1. The molecule has 3 nitrogen and oxygen atoms in total. The van der Waals surface area contributed by atoms with Gasteiger partial charge in [0.25, 0.3) is 0 Å². The average Bonchev–Trinajstić information content (AvgIpc) is 2.84. The van der Waals surface area contributed by atoms with Crippen molar-refractivity contribution in [3.63, 3.8) is 0 Å². The van der Waals surface area contributed by atoms with Crippen LogP contribution in [0, 0.1) is 10.5 Å². The molecule has 4 heteroatoms. The van der Waals surface area contributed by atoms with E-state index in [1.54, 1.807) is 0 Å². The van der Waals surface area contributed by atoms with Crippen molar-refractivity contribution in [2.45, 2.75) is 13.0 Å². The maximum atomic E-state index is 11.7. The maximum absolute atomic E-state index is 11.7. The summed E-state index contributed by atoms with van der Waals surface area (Å²) in [6.45, 7) is 1.87. The first-order valence-corrected chi connectivity index (χ1v) is 6.30. The van der Waals surface area contributed by atoms with Crippen LogP contribution in [0.3, 0.4) is 0 Å². The van der Waals surface area contributed by atoms with Crippen LogP contribution in [0.5, 0.6) is 0 Å². The van der Waals surface area contributed by atoms with Crippen LogP contribution >= 0.6 is 22.6 Å². The van der Waals surface area contributed by atoms with Crippen molar-refractivity contribution >= 4 is 28.6 Å². The summed E-state index contributed by atoms with van der Waals surface area (Å²) in [6.07, 6.45) is -0.400. The van der Waals surface area contributed by atoms with Crippen molar-refractivity contribution in [1.82, 2.24) is 0 Å². The highest BCUT2D eigenvalue weighted by Gasteiger charge is 2.34. The standard InChI is InChI=1S/C13H9IO3/c1-7-2-5-11(16-7)12-9-4-3-8(14)6-10(9)13(15)17-12/h2-6,12H,1H3. The fourth-order valence-corrected chi connectivity index (χ4v) is 2.46. The van der Waals surface area contributed by atoms with Crippen molar-refractivity contribution < 1.29 is 13.9 Å². The van der Waals surface area contributed by atoms with Gasteiger partial charge >= 0.3 is 5.97 Å². The van der Waals surface area contributed by atoms with E-state index >= 15 is 0 Å². The topological polar surface area (TPSA) is 39.4 Å². The first-order valence-electron chi connectivity index (χ1n) is 5.22. The Kier molecular flexibility index (Phi) is 2.47. The maximum Gasteiger partial charge on any atom is 0.339 e. The van der Waals surface area contributed by atoms with Crippen LogP contribution in [-0.4, -0.2) is 5.97 Å². The van der Waals surface area contributed by atoms with Crippen LogP contribution in [0.1, 0.15) is 33.5 Å². The normalized spacial score (nSPS) is 18.0. The smallest absolute Gasteiger partial charge is 0.339 e. The van der Waals surface area contributed by atoms with Crippen LogP contribution in [0.25, 0.3) is 0 Å². The van der Waals surface area contributed by atoms with Gasteiger partial charge in [0.05, 0.1) is 5.56 Å². The average molecular weight is 340 g/mol. The minimum absolute atomic E-state index is 0.280. The Morgan fingerprint density at radius 2 is 2.06 bits per heavy atom. The van der Waals surface area contributed by atoms with E-state index in [9.17, 15) is 4.79 Å². The number of carbonyl (C=O) groups excluding carboxylic acids is 1. The van der Waals surface area contributed by atoms with Gasteiger partial charge in [0.15, 0.2) is 6.10 Å². The third kappa shape index (κ3) is 1.76. The molecular formula is C13H9IO3. The third-order valence-corrected chi connectivity index (χ3v) is 3.43. The second-order valence-electron chi connectivity index (χ2n) is 3.97. The number of hydrogen-bond acceptors (Lipinski definition) is 3. The molecule has 2 heterocycles. The lowest BCUT2D eigenvalue weighted by Gasteiger charge is -2.06. The van der Waals surface area contributed by atoms with Crippen molar-refractivity contribution in [2.75, 3.05) is 0 Å². The predicted molar refractivity (Wildman–Crippen MR) is 69.9 cm³/mol. The number of esters is 1. The van der Waals surface area contributed by atoms with Gasteiger partial charge in [-0.15, -0.1) is 0 Å². The van der Waals surface area contributed by atoms with Crippen LogP contribution < -0.4 is 0 Å². The van der Waals surface area contributed by atoms with Crippen LogP contribution in [0.15, 0.2) is 34.7 Å². The van der Waals surface area contributed by atoms with Gasteiger partial charge in [-0.3, -0.25) is 0 Å². The van der Waals surface area contributed by atoms with Crippen LogP contribution in [0.2, 0.25) is 0 Å². The van der Waals surface area contributed by atoms with E-state index in [1.165, 1.54) is 0 Å². The molecule has 1 aromatic carbocycles. The fourth-order valence-electron chi connectivity index (χ4n) is 1.97. The molecule has 1 aliphatic rings. The Morgan fingerprint density at radius 3 is 2.76 bits per heavy atom. The number of aryl methyl sites for hydroxylation is 1. The largest absolute Gasteiger partial charge is 0.462 e. The van der Waals surface area contributed by atoms with E-state index in [4.69, 9.17) is 9.15 Å². The van der Waals surface area contributed by atoms with Gasteiger partial charge in [-0.05, 0) is 53.8 Å². The molecule has 1 aromatic heterocycles. The van der Waals surface area contributed by atoms with Gasteiger partial charge in [-0.1, -0.05) is 6.07 Å². The molecular weight excluding hydrogens is 331 g/mol. The zero-order valence-corrected chi connectivity index (χ0v) is 11.2. The van der Waals surface area contributed by atoms with Gasteiger partial charge in [-0.25, -0.2) is 4.79 Å². The van der Waals surface area contributed by atoms with Crippen molar-refractivity contribution in [3.05, 3.63) is 56.5 Å². The number of ether oxygens (including phenoxy) is 1. The Bertz CT molecular complexity index is 600. The lowest BCUT2D eigenvalue weighted by molar-refractivity contribution is 0.0419. The molecule has 0 spiro atoms. The first-order chi connectivity index (χ1) is 8.15. The molecule has 3 rings (SSSR count). The number of furan rings is 1. The van der Waals surface area contributed by atoms with Crippen LogP contribution in [0.4, 0.5) is 0 Å². The van der Waals surface area contributed by atoms with Crippen molar-refractivity contribution in [2.24, 2.45) is 0 Å². The van der Waals surface area contributed by atoms with Crippen LogP contribution in [-0.2, 0) is 4.74 Å². The molecule has 17 heavy (non-hydrogen) atoms. The summed E-state index contributed by atoms with van der Waals surface area (Å²) < 4.78 is 11.9. The van der Waals surface area contributed by atoms with E-state index in [-0.39, 0.29) is 5.97 Å². The minimum atomic E-state index is -0.400. The fraction of sp³-hybridized carbons (Fsp3) is 0.154. The van der Waals surface area contributed by atoms with Gasteiger partial charge < -0.3 is 9.15 Å². The summed E-state index contributed by atoms with van der Waals surface area (Å²) in [4.78, 5) is 11.7. The Hall–Kier alpha value is -1.30. The van der Waals surface area contributed by atoms with E-state index < -0.39 is 6.10 Å². The van der Waals surface area contributed by atoms with E-state index in [0.29, 0.717) is 11.3 Å². The molecule has 2 aromatic rings. The Labute approximate surface area is 112 Å². The molecule has 1 atom stereocenters. The summed E-state index contributed by atoms with van der Waals surface area (Å²) in [5.41, 5.74) is 1.51. The Morgan fingerprint density at radius 1 is 1.24 bits per heavy atom. The highest BCUT2D eigenvalue weighted by Crippen LogP contribution is 2.36. The zero-order chi connectivity index (χ0) is 12.0. The quantitative estimate of drug-likeness (QED) is 0.590. The molecule has 0 aliphatic carbocycles. The van der Waals surface area contributed by atoms with Crippen molar-refractivity contribution in [1.29, 1.82) is 0 Å². The van der Waals surface area contributed by atoms with E-state index in [0.717, 1.165) is 14.9 Å². The molecule has 0 saturated carbocycles. The molecule has 0 amide bonds. The third-order valence-electron chi connectivity index (χ3n) is 2.76. The summed E-state index contributed by atoms with van der Waals surface area (Å²) in [7, 11) is 0. The van der Waals surface area contributed by atoms with Crippen molar-refractivity contribution in [3.8, 4) is 0 Å². The summed E-state index contributed by atoms with van der Waals surface area (Å²) in [5.74, 6) is 1.21. The van der Waals surface area contributed by atoms with E-state index in [2.05, 4.69) is 22.6 Å². The highest BCUT2D eigenvalue weighted by molar-refractivity contribution is 14.1. The molecule has 0 saturated heterocycles. The highest BCUT2D eigenvalue weighted by atomic mass is 127. The first kappa shape index (κ1) is 10.8. The monoisotopic (exact) mass is 340 g/mol. The number of carbonyl (C=O) groups is 1. The molecule has 1 unspecified atom stereocenters. The molecule has 0 fully saturated rings. The summed E-state index contributed by atoms with van der Waals surface area (Å²) in [5, 5.41) is 0. The number of cyclic esters (lactones) is 1. The molecule has 86 valence electrons. The lowest BCUT2D eigenvalue weighted by atomic mass is 10.0. The SMILES string of the molecule is Cc1ccc(C2OC(=O)c3cc(I)ccc32)o1. The number of benzene rings is 1. The van der Waals surface area contributed by atoms with Gasteiger partial charge in [0.2, 0.25) is 0 Å². The minimum Gasteiger partial charge on any atom is -0.462 e. The van der Waals surface area contributed by atoms with E-state index in [1.807, 2.05) is 37.3 Å². The summed E-state index contributed by atoms with van der Waals surface area (Å²) in [6, 6.07) is 9.44. The second-order valence-corrected chi connectivity index (χ2v) is 5.21.